The van der Waals surface area contributed by atoms with E-state index in [0.29, 0.717) is 36.8 Å². The van der Waals surface area contributed by atoms with E-state index in [0.717, 1.165) is 43.0 Å². The molecule has 2 aromatic carbocycles. The van der Waals surface area contributed by atoms with Crippen molar-refractivity contribution < 1.29 is 23.7 Å². The average molecular weight is 464 g/mol. The number of rotatable bonds is 8. The molecule has 1 atom stereocenters. The van der Waals surface area contributed by atoms with Crippen LogP contribution < -0.4 is 14.2 Å². The molecule has 5 rings (SSSR count). The lowest BCUT2D eigenvalue weighted by Gasteiger charge is -2.33. The van der Waals surface area contributed by atoms with Gasteiger partial charge in [0.25, 0.3) is 0 Å². The summed E-state index contributed by atoms with van der Waals surface area (Å²) in [5.74, 6) is 3.83. The molecule has 0 bridgehead atoms. The number of benzene rings is 2. The molecule has 3 heterocycles. The van der Waals surface area contributed by atoms with Gasteiger partial charge in [-0.1, -0.05) is 24.3 Å². The molecule has 2 aliphatic heterocycles. The van der Waals surface area contributed by atoms with Gasteiger partial charge in [0, 0.05) is 25.1 Å². The van der Waals surface area contributed by atoms with Crippen molar-refractivity contribution >= 4 is 12.2 Å². The van der Waals surface area contributed by atoms with Crippen LogP contribution in [0, 0.1) is 6.92 Å². The van der Waals surface area contributed by atoms with E-state index in [1.54, 1.807) is 13.0 Å². The van der Waals surface area contributed by atoms with E-state index in [-0.39, 0.29) is 6.61 Å². The van der Waals surface area contributed by atoms with Crippen LogP contribution in [-0.4, -0.2) is 59.3 Å². The molecule has 1 aromatic heterocycles. The zero-order valence-electron chi connectivity index (χ0n) is 19.2. The summed E-state index contributed by atoms with van der Waals surface area (Å²) in [7, 11) is 0. The van der Waals surface area contributed by atoms with E-state index < -0.39 is 6.10 Å². The van der Waals surface area contributed by atoms with Gasteiger partial charge in [0.05, 0.1) is 0 Å². The highest BCUT2D eigenvalue weighted by Crippen LogP contribution is 2.37. The first-order valence-electron chi connectivity index (χ1n) is 11.6. The standard InChI is InChI=1S/C26H29N3O5/c1-18-27-28-26(34-18)9-7-20-4-2-3-5-23(20)31-16-22(30)15-29-12-10-19(11-13-29)21-6-8-24-25(14-21)33-17-32-24/h2-9,14,19,22,30H,10-13,15-17H2,1H3/b9-7+. The third-order valence-electron chi connectivity index (χ3n) is 6.22. The lowest BCUT2D eigenvalue weighted by Crippen LogP contribution is -2.40. The summed E-state index contributed by atoms with van der Waals surface area (Å²) in [5, 5.41) is 18.4. The fourth-order valence-electron chi connectivity index (χ4n) is 4.44. The van der Waals surface area contributed by atoms with Crippen molar-refractivity contribution in [1.82, 2.24) is 15.1 Å². The second kappa shape index (κ2) is 10.3. The molecule has 0 radical (unpaired) electrons. The number of nitrogens with zero attached hydrogens (tertiary/aromatic N) is 3. The molecule has 34 heavy (non-hydrogen) atoms. The molecule has 8 heteroatoms. The van der Waals surface area contributed by atoms with Crippen molar-refractivity contribution in [2.45, 2.75) is 31.8 Å². The lowest BCUT2D eigenvalue weighted by molar-refractivity contribution is 0.0594. The number of fused-ring (bicyclic) bond motifs is 1. The first-order valence-corrected chi connectivity index (χ1v) is 11.6. The fraction of sp³-hybridized carbons (Fsp3) is 0.385. The van der Waals surface area contributed by atoms with Gasteiger partial charge in [-0.15, -0.1) is 10.2 Å². The molecule has 1 fully saturated rings. The lowest BCUT2D eigenvalue weighted by atomic mass is 9.89. The van der Waals surface area contributed by atoms with Crippen LogP contribution in [0.15, 0.2) is 46.9 Å². The molecule has 0 saturated carbocycles. The summed E-state index contributed by atoms with van der Waals surface area (Å²) in [5.41, 5.74) is 2.18. The van der Waals surface area contributed by atoms with E-state index in [1.807, 2.05) is 36.4 Å². The van der Waals surface area contributed by atoms with Gasteiger partial charge >= 0.3 is 0 Å². The van der Waals surface area contributed by atoms with Gasteiger partial charge in [0.15, 0.2) is 11.5 Å². The highest BCUT2D eigenvalue weighted by Gasteiger charge is 2.24. The molecule has 2 aliphatic rings. The predicted octanol–water partition coefficient (Wildman–Crippen LogP) is 3.90. The Kier molecular flexibility index (Phi) is 6.78. The van der Waals surface area contributed by atoms with Crippen LogP contribution in [0.1, 0.15) is 41.7 Å². The molecule has 0 spiro atoms. The number of aliphatic hydroxyl groups excluding tert-OH is 1. The normalized spacial score (nSPS) is 17.4. The summed E-state index contributed by atoms with van der Waals surface area (Å²) >= 11 is 0. The summed E-state index contributed by atoms with van der Waals surface area (Å²) in [6.07, 6.45) is 5.16. The fourth-order valence-corrected chi connectivity index (χ4v) is 4.44. The smallest absolute Gasteiger partial charge is 0.240 e. The summed E-state index contributed by atoms with van der Waals surface area (Å²) in [4.78, 5) is 2.31. The van der Waals surface area contributed by atoms with E-state index in [9.17, 15) is 5.11 Å². The first-order chi connectivity index (χ1) is 16.6. The Bertz CT molecular complexity index is 1140. The quantitative estimate of drug-likeness (QED) is 0.538. The maximum absolute atomic E-state index is 10.6. The van der Waals surface area contributed by atoms with Crippen molar-refractivity contribution in [3.8, 4) is 17.2 Å². The molecule has 1 saturated heterocycles. The minimum atomic E-state index is -0.572. The van der Waals surface area contributed by atoms with Crippen molar-refractivity contribution in [3.63, 3.8) is 0 Å². The topological polar surface area (TPSA) is 90.1 Å². The molecule has 1 unspecified atom stereocenters. The highest BCUT2D eigenvalue weighted by atomic mass is 16.7. The Morgan fingerprint density at radius 1 is 1.09 bits per heavy atom. The maximum atomic E-state index is 10.6. The third kappa shape index (κ3) is 5.40. The number of para-hydroxylation sites is 1. The number of β-amino-alcohol motifs (C(OH)–C–C–N with tert-alkyl or cyclic N) is 1. The Morgan fingerprint density at radius 3 is 2.74 bits per heavy atom. The first kappa shape index (κ1) is 22.4. The summed E-state index contributed by atoms with van der Waals surface area (Å²) < 4.78 is 22.3. The molecule has 0 amide bonds. The molecule has 0 aliphatic carbocycles. The van der Waals surface area contributed by atoms with E-state index >= 15 is 0 Å². The van der Waals surface area contributed by atoms with Gasteiger partial charge in [0.1, 0.15) is 18.5 Å². The van der Waals surface area contributed by atoms with Crippen molar-refractivity contribution in [2.24, 2.45) is 0 Å². The van der Waals surface area contributed by atoms with Gasteiger partial charge in [0.2, 0.25) is 18.6 Å². The van der Waals surface area contributed by atoms with Crippen LogP contribution in [0.4, 0.5) is 0 Å². The number of aromatic nitrogens is 2. The van der Waals surface area contributed by atoms with Crippen LogP contribution in [0.5, 0.6) is 17.2 Å². The number of aryl methyl sites for hydroxylation is 1. The Labute approximate surface area is 198 Å². The summed E-state index contributed by atoms with van der Waals surface area (Å²) in [6, 6.07) is 13.9. The minimum absolute atomic E-state index is 0.229. The Morgan fingerprint density at radius 2 is 1.91 bits per heavy atom. The third-order valence-corrected chi connectivity index (χ3v) is 6.22. The van der Waals surface area contributed by atoms with Crippen molar-refractivity contribution in [1.29, 1.82) is 0 Å². The van der Waals surface area contributed by atoms with Crippen LogP contribution in [0.2, 0.25) is 0 Å². The molecule has 3 aromatic rings. The van der Waals surface area contributed by atoms with E-state index in [4.69, 9.17) is 18.6 Å². The van der Waals surface area contributed by atoms with E-state index in [2.05, 4.69) is 27.2 Å². The van der Waals surface area contributed by atoms with Gasteiger partial charge in [-0.2, -0.15) is 0 Å². The molecular formula is C26H29N3O5. The number of hydrogen-bond donors (Lipinski definition) is 1. The number of piperidine rings is 1. The van der Waals surface area contributed by atoms with Crippen LogP contribution in [0.3, 0.4) is 0 Å². The SMILES string of the molecule is Cc1nnc(/C=C/c2ccccc2OCC(O)CN2CCC(c3ccc4c(c3)OCO4)CC2)o1. The van der Waals surface area contributed by atoms with Crippen molar-refractivity contribution in [2.75, 3.05) is 33.0 Å². The number of aliphatic hydroxyl groups is 1. The predicted molar refractivity (Wildman–Crippen MR) is 127 cm³/mol. The summed E-state index contributed by atoms with van der Waals surface area (Å²) in [6.45, 7) is 4.76. The van der Waals surface area contributed by atoms with Crippen LogP contribution in [0.25, 0.3) is 12.2 Å². The van der Waals surface area contributed by atoms with E-state index in [1.165, 1.54) is 5.56 Å². The molecule has 1 N–H and O–H groups in total. The van der Waals surface area contributed by atoms with Gasteiger partial charge in [-0.05, 0) is 61.7 Å². The number of ether oxygens (including phenoxy) is 3. The van der Waals surface area contributed by atoms with Gasteiger partial charge in [-0.3, -0.25) is 0 Å². The second-order valence-electron chi connectivity index (χ2n) is 8.68. The Hall–Kier alpha value is -3.36. The molecular weight excluding hydrogens is 434 g/mol. The molecule has 178 valence electrons. The second-order valence-corrected chi connectivity index (χ2v) is 8.68. The zero-order valence-corrected chi connectivity index (χ0v) is 19.2. The maximum Gasteiger partial charge on any atom is 0.240 e. The molecule has 8 nitrogen and oxygen atoms in total. The van der Waals surface area contributed by atoms with Crippen molar-refractivity contribution in [3.05, 3.63) is 65.4 Å². The minimum Gasteiger partial charge on any atom is -0.490 e. The number of likely N-dealkylation sites (tertiary alicyclic amines) is 1. The Balaban J connectivity index is 1.10. The largest absolute Gasteiger partial charge is 0.490 e. The van der Waals surface area contributed by atoms with Crippen LogP contribution >= 0.6 is 0 Å². The van der Waals surface area contributed by atoms with Gasteiger partial charge in [-0.25, -0.2) is 0 Å². The zero-order chi connectivity index (χ0) is 23.3. The van der Waals surface area contributed by atoms with Gasteiger partial charge < -0.3 is 28.6 Å². The highest BCUT2D eigenvalue weighted by molar-refractivity contribution is 5.69. The monoisotopic (exact) mass is 463 g/mol. The van der Waals surface area contributed by atoms with Crippen LogP contribution in [-0.2, 0) is 0 Å². The number of hydrogen-bond acceptors (Lipinski definition) is 8. The average Bonchev–Trinajstić information content (AvgIpc) is 3.50.